The lowest BCUT2D eigenvalue weighted by Gasteiger charge is -2.27. The lowest BCUT2D eigenvalue weighted by Crippen LogP contribution is -2.45. The zero-order valence-electron chi connectivity index (χ0n) is 9.39. The zero-order chi connectivity index (χ0) is 11.3. The van der Waals surface area contributed by atoms with Gasteiger partial charge in [-0.3, -0.25) is 4.79 Å². The van der Waals surface area contributed by atoms with E-state index in [4.69, 9.17) is 18.0 Å². The monoisotopic (exact) mass is 238 g/mol. The van der Waals surface area contributed by atoms with E-state index >= 15 is 0 Å². The van der Waals surface area contributed by atoms with Gasteiger partial charge in [0.1, 0.15) is 0 Å². The second-order valence-corrected chi connectivity index (χ2v) is 5.99. The van der Waals surface area contributed by atoms with Crippen molar-refractivity contribution < 1.29 is 4.79 Å². The first kappa shape index (κ1) is 10.5. The van der Waals surface area contributed by atoms with Crippen LogP contribution in [0.4, 0.5) is 0 Å². The lowest BCUT2D eigenvalue weighted by molar-refractivity contribution is -0.135. The highest BCUT2D eigenvalue weighted by atomic mass is 32.1. The molecule has 1 heterocycles. The predicted molar refractivity (Wildman–Crippen MR) is 65.8 cm³/mol. The molecule has 1 aliphatic heterocycles. The van der Waals surface area contributed by atoms with E-state index in [0.717, 1.165) is 44.1 Å². The fraction of sp³-hybridized carbons (Fsp3) is 0.833. The summed E-state index contributed by atoms with van der Waals surface area (Å²) >= 11 is 5.04. The van der Waals surface area contributed by atoms with E-state index in [1.807, 2.05) is 4.90 Å². The summed E-state index contributed by atoms with van der Waals surface area (Å²) in [6.45, 7) is 0.854. The first-order valence-corrected chi connectivity index (χ1v) is 6.67. The van der Waals surface area contributed by atoms with Crippen LogP contribution in [0.3, 0.4) is 0 Å². The number of rotatable bonds is 2. The molecule has 3 unspecified atom stereocenters. The van der Waals surface area contributed by atoms with Gasteiger partial charge in [-0.2, -0.15) is 0 Å². The molecule has 3 atom stereocenters. The second kappa shape index (κ2) is 3.69. The van der Waals surface area contributed by atoms with E-state index in [-0.39, 0.29) is 12.0 Å². The van der Waals surface area contributed by atoms with Crippen LogP contribution >= 0.6 is 12.2 Å². The first-order valence-electron chi connectivity index (χ1n) is 6.26. The van der Waals surface area contributed by atoms with Gasteiger partial charge in [-0.15, -0.1) is 0 Å². The number of nitrogens with two attached hydrogens (primary N) is 1. The molecular weight excluding hydrogens is 220 g/mol. The second-order valence-electron chi connectivity index (χ2n) is 5.52. The van der Waals surface area contributed by atoms with Gasteiger partial charge in [-0.1, -0.05) is 12.2 Å². The molecule has 2 saturated carbocycles. The third-order valence-corrected chi connectivity index (χ3v) is 4.73. The highest BCUT2D eigenvalue weighted by Gasteiger charge is 2.49. The van der Waals surface area contributed by atoms with Crippen LogP contribution in [0.1, 0.15) is 32.1 Å². The molecule has 2 aliphatic carbocycles. The molecule has 0 spiro atoms. The maximum absolute atomic E-state index is 12.3. The minimum Gasteiger partial charge on any atom is -0.392 e. The number of thiocarbonyl (C=S) groups is 1. The van der Waals surface area contributed by atoms with Gasteiger partial charge in [0.05, 0.1) is 11.0 Å². The van der Waals surface area contributed by atoms with Crippen LogP contribution in [0.2, 0.25) is 0 Å². The van der Waals surface area contributed by atoms with Crippen molar-refractivity contribution in [3.8, 4) is 0 Å². The Kier molecular flexibility index (Phi) is 2.42. The Bertz CT molecular complexity index is 334. The zero-order valence-corrected chi connectivity index (χ0v) is 10.2. The number of likely N-dealkylation sites (tertiary alicyclic amines) is 1. The summed E-state index contributed by atoms with van der Waals surface area (Å²) in [6, 6.07) is 0.0411. The molecule has 1 amide bonds. The first-order chi connectivity index (χ1) is 7.66. The summed E-state index contributed by atoms with van der Waals surface area (Å²) in [5, 5.41) is 0. The number of amides is 1. The Labute approximate surface area is 101 Å². The molecule has 1 saturated heterocycles. The van der Waals surface area contributed by atoms with E-state index in [0.29, 0.717) is 10.9 Å². The minimum atomic E-state index is 0.0411. The molecule has 3 nitrogen and oxygen atoms in total. The number of carbonyl (C=O) groups is 1. The molecule has 0 aromatic rings. The van der Waals surface area contributed by atoms with Crippen LogP contribution in [0.15, 0.2) is 0 Å². The van der Waals surface area contributed by atoms with Crippen molar-refractivity contribution in [1.82, 2.24) is 4.90 Å². The molecular formula is C12H18N2OS. The van der Waals surface area contributed by atoms with Gasteiger partial charge in [-0.25, -0.2) is 0 Å². The van der Waals surface area contributed by atoms with E-state index in [9.17, 15) is 4.79 Å². The summed E-state index contributed by atoms with van der Waals surface area (Å²) in [6.07, 6.45) is 5.60. The van der Waals surface area contributed by atoms with Gasteiger partial charge < -0.3 is 10.6 Å². The Morgan fingerprint density at radius 2 is 1.94 bits per heavy atom. The van der Waals surface area contributed by atoms with Gasteiger partial charge in [0.25, 0.3) is 0 Å². The average Bonchev–Trinajstić information content (AvgIpc) is 2.72. The van der Waals surface area contributed by atoms with Gasteiger partial charge in [0.15, 0.2) is 0 Å². The summed E-state index contributed by atoms with van der Waals surface area (Å²) in [5.74, 6) is 2.32. The fourth-order valence-corrected chi connectivity index (χ4v) is 3.72. The van der Waals surface area contributed by atoms with E-state index in [2.05, 4.69) is 0 Å². The van der Waals surface area contributed by atoms with Crippen molar-refractivity contribution in [3.05, 3.63) is 0 Å². The van der Waals surface area contributed by atoms with E-state index in [1.54, 1.807) is 0 Å². The predicted octanol–water partition coefficient (Wildman–Crippen LogP) is 1.31. The van der Waals surface area contributed by atoms with Crippen LogP contribution in [-0.4, -0.2) is 28.4 Å². The molecule has 16 heavy (non-hydrogen) atoms. The van der Waals surface area contributed by atoms with Gasteiger partial charge >= 0.3 is 0 Å². The smallest absolute Gasteiger partial charge is 0.226 e. The molecule has 3 aliphatic rings. The Balaban J connectivity index is 1.67. The van der Waals surface area contributed by atoms with Crippen molar-refractivity contribution in [2.45, 2.75) is 38.1 Å². The van der Waals surface area contributed by atoms with Crippen LogP contribution in [0.5, 0.6) is 0 Å². The standard InChI is InChI=1S/C12H18N2OS/c13-11(16)10-2-1-3-14(10)12(15)9-5-7-4-8(7)6-9/h7-10H,1-6H2,(H2,13,16). The molecule has 0 radical (unpaired) electrons. The Morgan fingerprint density at radius 3 is 2.56 bits per heavy atom. The number of nitrogens with zero attached hydrogens (tertiary/aromatic N) is 1. The maximum atomic E-state index is 12.3. The summed E-state index contributed by atoms with van der Waals surface area (Å²) in [7, 11) is 0. The van der Waals surface area contributed by atoms with Crippen molar-refractivity contribution in [2.75, 3.05) is 6.54 Å². The summed E-state index contributed by atoms with van der Waals surface area (Å²) < 4.78 is 0. The quantitative estimate of drug-likeness (QED) is 0.738. The highest BCUT2D eigenvalue weighted by molar-refractivity contribution is 7.80. The van der Waals surface area contributed by atoms with Crippen LogP contribution in [0, 0.1) is 17.8 Å². The topological polar surface area (TPSA) is 46.3 Å². The number of carbonyl (C=O) groups excluding carboxylic acids is 1. The number of fused-ring (bicyclic) bond motifs is 1. The largest absolute Gasteiger partial charge is 0.392 e. The average molecular weight is 238 g/mol. The van der Waals surface area contributed by atoms with Gasteiger partial charge in [0.2, 0.25) is 5.91 Å². The number of hydrogen-bond donors (Lipinski definition) is 1. The molecule has 0 aromatic carbocycles. The maximum Gasteiger partial charge on any atom is 0.226 e. The van der Waals surface area contributed by atoms with E-state index < -0.39 is 0 Å². The van der Waals surface area contributed by atoms with Gasteiger partial charge in [-0.05, 0) is 43.9 Å². The molecule has 0 aromatic heterocycles. The van der Waals surface area contributed by atoms with Crippen molar-refractivity contribution in [2.24, 2.45) is 23.5 Å². The lowest BCUT2D eigenvalue weighted by atomic mass is 10.0. The molecule has 3 rings (SSSR count). The number of hydrogen-bond acceptors (Lipinski definition) is 2. The Hall–Kier alpha value is -0.640. The van der Waals surface area contributed by atoms with Crippen molar-refractivity contribution in [1.29, 1.82) is 0 Å². The summed E-state index contributed by atoms with van der Waals surface area (Å²) in [5.41, 5.74) is 5.70. The van der Waals surface area contributed by atoms with Gasteiger partial charge in [0, 0.05) is 12.5 Å². The third-order valence-electron chi connectivity index (χ3n) is 4.46. The minimum absolute atomic E-state index is 0.0411. The molecule has 0 bridgehead atoms. The van der Waals surface area contributed by atoms with Crippen LogP contribution in [0.25, 0.3) is 0 Å². The fourth-order valence-electron chi connectivity index (χ4n) is 3.48. The summed E-state index contributed by atoms with van der Waals surface area (Å²) in [4.78, 5) is 14.8. The molecule has 88 valence electrons. The van der Waals surface area contributed by atoms with Crippen LogP contribution in [-0.2, 0) is 4.79 Å². The molecule has 3 fully saturated rings. The normalized spacial score (nSPS) is 40.9. The Morgan fingerprint density at radius 1 is 1.25 bits per heavy atom. The highest BCUT2D eigenvalue weighted by Crippen LogP contribution is 2.54. The third kappa shape index (κ3) is 1.63. The molecule has 4 heteroatoms. The SMILES string of the molecule is NC(=S)C1CCCN1C(=O)C1CC2CC2C1. The van der Waals surface area contributed by atoms with Crippen molar-refractivity contribution >= 4 is 23.1 Å². The van der Waals surface area contributed by atoms with Crippen LogP contribution < -0.4 is 5.73 Å². The molecule has 2 N–H and O–H groups in total. The van der Waals surface area contributed by atoms with Crippen molar-refractivity contribution in [3.63, 3.8) is 0 Å². The van der Waals surface area contributed by atoms with E-state index in [1.165, 1.54) is 6.42 Å².